The third kappa shape index (κ3) is 5.39. The topological polar surface area (TPSA) is 132 Å². The van der Waals surface area contributed by atoms with Crippen molar-refractivity contribution in [3.05, 3.63) is 36.4 Å². The summed E-state index contributed by atoms with van der Waals surface area (Å²) in [6, 6.07) is 3.57. The van der Waals surface area contributed by atoms with Crippen molar-refractivity contribution in [2.45, 2.75) is 39.5 Å². The van der Waals surface area contributed by atoms with Gasteiger partial charge >= 0.3 is 5.97 Å². The Morgan fingerprint density at radius 3 is 2.82 bits per heavy atom. The number of aromatic nitrogens is 4. The molecule has 3 aromatic heterocycles. The summed E-state index contributed by atoms with van der Waals surface area (Å²) in [5.74, 6) is 0.873. The highest BCUT2D eigenvalue weighted by molar-refractivity contribution is 5.75. The normalized spacial score (nSPS) is 18.0. The number of aliphatic carboxylic acids is 1. The SMILES string of the molecule is CCOc1cncc(Nc2c(C)noc2-c2ccc(OC[C@H]3CCCC[C@@H]3C(=O)O)cn2)n1. The number of carboxylic acid groups (broad SMARTS) is 1. The summed E-state index contributed by atoms with van der Waals surface area (Å²) in [5.41, 5.74) is 1.85. The highest BCUT2D eigenvalue weighted by Crippen LogP contribution is 2.33. The first-order valence-corrected chi connectivity index (χ1v) is 11.0. The molecule has 0 spiro atoms. The lowest BCUT2D eigenvalue weighted by atomic mass is 9.80. The smallest absolute Gasteiger partial charge is 0.306 e. The fraction of sp³-hybridized carbons (Fsp3) is 0.435. The molecule has 33 heavy (non-hydrogen) atoms. The molecule has 10 heteroatoms. The molecule has 4 rings (SSSR count). The summed E-state index contributed by atoms with van der Waals surface area (Å²) in [5, 5.41) is 16.7. The Balaban J connectivity index is 1.45. The summed E-state index contributed by atoms with van der Waals surface area (Å²) in [6.45, 7) is 4.55. The molecular weight excluding hydrogens is 426 g/mol. The van der Waals surface area contributed by atoms with Crippen molar-refractivity contribution in [3.63, 3.8) is 0 Å². The Hall–Kier alpha value is -3.69. The Morgan fingerprint density at radius 1 is 1.21 bits per heavy atom. The molecule has 0 aromatic carbocycles. The maximum atomic E-state index is 11.5. The number of anilines is 2. The van der Waals surface area contributed by atoms with Crippen LogP contribution in [0.25, 0.3) is 11.5 Å². The molecule has 174 valence electrons. The molecule has 10 nitrogen and oxygen atoms in total. The average Bonchev–Trinajstić information content (AvgIpc) is 3.18. The van der Waals surface area contributed by atoms with E-state index in [0.29, 0.717) is 59.9 Å². The number of carboxylic acids is 1. The number of nitrogens with zero attached hydrogens (tertiary/aromatic N) is 4. The van der Waals surface area contributed by atoms with Gasteiger partial charge in [0.15, 0.2) is 5.82 Å². The van der Waals surface area contributed by atoms with Crippen LogP contribution in [0.3, 0.4) is 0 Å². The molecule has 2 N–H and O–H groups in total. The molecule has 1 aliphatic carbocycles. The summed E-state index contributed by atoms with van der Waals surface area (Å²) in [6.07, 6.45) is 8.29. The fourth-order valence-corrected chi connectivity index (χ4v) is 3.98. The van der Waals surface area contributed by atoms with Crippen molar-refractivity contribution in [3.8, 4) is 23.1 Å². The third-order valence-corrected chi connectivity index (χ3v) is 5.68. The van der Waals surface area contributed by atoms with Gasteiger partial charge in [-0.1, -0.05) is 18.0 Å². The molecule has 1 saturated carbocycles. The molecule has 0 saturated heterocycles. The largest absolute Gasteiger partial charge is 0.492 e. The van der Waals surface area contributed by atoms with Crippen LogP contribution in [0.4, 0.5) is 11.5 Å². The van der Waals surface area contributed by atoms with Crippen molar-refractivity contribution >= 4 is 17.5 Å². The molecule has 0 aliphatic heterocycles. The molecule has 0 unspecified atom stereocenters. The minimum absolute atomic E-state index is 0.0113. The van der Waals surface area contributed by atoms with E-state index in [-0.39, 0.29) is 11.8 Å². The fourth-order valence-electron chi connectivity index (χ4n) is 3.98. The molecule has 1 aliphatic rings. The van der Waals surface area contributed by atoms with Gasteiger partial charge in [0.2, 0.25) is 11.6 Å². The van der Waals surface area contributed by atoms with E-state index in [1.807, 2.05) is 13.8 Å². The second kappa shape index (κ2) is 10.3. The third-order valence-electron chi connectivity index (χ3n) is 5.68. The van der Waals surface area contributed by atoms with Crippen molar-refractivity contribution in [1.29, 1.82) is 0 Å². The van der Waals surface area contributed by atoms with E-state index in [1.54, 1.807) is 30.7 Å². The zero-order chi connectivity index (χ0) is 23.2. The Bertz CT molecular complexity index is 1090. The van der Waals surface area contributed by atoms with Gasteiger partial charge in [-0.3, -0.25) is 9.78 Å². The summed E-state index contributed by atoms with van der Waals surface area (Å²) >= 11 is 0. The second-order valence-electron chi connectivity index (χ2n) is 7.95. The Morgan fingerprint density at radius 2 is 2.06 bits per heavy atom. The van der Waals surface area contributed by atoms with Crippen molar-refractivity contribution < 1.29 is 23.9 Å². The van der Waals surface area contributed by atoms with Crippen LogP contribution in [-0.2, 0) is 4.79 Å². The number of rotatable bonds is 9. The average molecular weight is 453 g/mol. The molecule has 0 radical (unpaired) electrons. The number of hydrogen-bond acceptors (Lipinski definition) is 9. The number of aryl methyl sites for hydroxylation is 1. The van der Waals surface area contributed by atoms with E-state index in [2.05, 4.69) is 25.4 Å². The lowest BCUT2D eigenvalue weighted by molar-refractivity contribution is -0.145. The van der Waals surface area contributed by atoms with Crippen LogP contribution in [0.1, 0.15) is 38.3 Å². The molecular formula is C23H27N5O5. The molecule has 0 amide bonds. The number of nitrogens with one attached hydrogen (secondary N) is 1. The number of hydrogen-bond donors (Lipinski definition) is 2. The highest BCUT2D eigenvalue weighted by Gasteiger charge is 2.31. The lowest BCUT2D eigenvalue weighted by Crippen LogP contribution is -2.31. The van der Waals surface area contributed by atoms with Crippen molar-refractivity contribution in [1.82, 2.24) is 20.1 Å². The molecule has 0 bridgehead atoms. The summed E-state index contributed by atoms with van der Waals surface area (Å²) < 4.78 is 16.8. The number of pyridine rings is 1. The summed E-state index contributed by atoms with van der Waals surface area (Å²) in [4.78, 5) is 24.4. The lowest BCUT2D eigenvalue weighted by Gasteiger charge is -2.28. The van der Waals surface area contributed by atoms with E-state index < -0.39 is 5.97 Å². The highest BCUT2D eigenvalue weighted by atomic mass is 16.5. The van der Waals surface area contributed by atoms with Gasteiger partial charge in [-0.15, -0.1) is 0 Å². The van der Waals surface area contributed by atoms with E-state index in [9.17, 15) is 9.90 Å². The predicted octanol–water partition coefficient (Wildman–Crippen LogP) is 4.25. The van der Waals surface area contributed by atoms with Crippen molar-refractivity contribution in [2.75, 3.05) is 18.5 Å². The first-order chi connectivity index (χ1) is 16.0. The van der Waals surface area contributed by atoms with E-state index >= 15 is 0 Å². The summed E-state index contributed by atoms with van der Waals surface area (Å²) in [7, 11) is 0. The maximum Gasteiger partial charge on any atom is 0.306 e. The van der Waals surface area contributed by atoms with Gasteiger partial charge < -0.3 is 24.4 Å². The van der Waals surface area contributed by atoms with Crippen LogP contribution >= 0.6 is 0 Å². The van der Waals surface area contributed by atoms with Crippen LogP contribution < -0.4 is 14.8 Å². The number of carbonyl (C=O) groups is 1. The molecule has 3 heterocycles. The number of ether oxygens (including phenoxy) is 2. The van der Waals surface area contributed by atoms with E-state index in [0.717, 1.165) is 19.3 Å². The molecule has 1 fully saturated rings. The zero-order valence-electron chi connectivity index (χ0n) is 18.7. The van der Waals surface area contributed by atoms with Crippen LogP contribution in [0.5, 0.6) is 11.6 Å². The Labute approximate surface area is 191 Å². The maximum absolute atomic E-state index is 11.5. The van der Waals surface area contributed by atoms with Gasteiger partial charge in [0.05, 0.1) is 37.7 Å². The Kier molecular flexibility index (Phi) is 7.01. The van der Waals surface area contributed by atoms with Crippen molar-refractivity contribution in [2.24, 2.45) is 11.8 Å². The van der Waals surface area contributed by atoms with Crippen LogP contribution in [0.15, 0.2) is 35.2 Å². The predicted molar refractivity (Wildman–Crippen MR) is 120 cm³/mol. The molecule has 3 aromatic rings. The zero-order valence-corrected chi connectivity index (χ0v) is 18.7. The first-order valence-electron chi connectivity index (χ1n) is 11.0. The van der Waals surface area contributed by atoms with E-state index in [4.69, 9.17) is 14.0 Å². The van der Waals surface area contributed by atoms with E-state index in [1.165, 1.54) is 0 Å². The quantitative estimate of drug-likeness (QED) is 0.484. The van der Waals surface area contributed by atoms with Crippen LogP contribution in [0, 0.1) is 18.8 Å². The van der Waals surface area contributed by atoms with Crippen LogP contribution in [-0.4, -0.2) is 44.4 Å². The minimum Gasteiger partial charge on any atom is -0.492 e. The van der Waals surface area contributed by atoms with Gasteiger partial charge in [0.25, 0.3) is 0 Å². The first kappa shape index (κ1) is 22.5. The molecule has 2 atom stereocenters. The minimum atomic E-state index is -0.742. The van der Waals surface area contributed by atoms with Gasteiger partial charge in [-0.05, 0) is 38.8 Å². The van der Waals surface area contributed by atoms with Gasteiger partial charge in [-0.25, -0.2) is 4.98 Å². The standard InChI is InChI=1S/C23H27N5O5/c1-3-31-20-12-24-11-19(26-20)27-21-14(2)28-33-22(21)18-9-8-16(10-25-18)32-13-15-6-4-5-7-17(15)23(29)30/h8-12,15,17H,3-7,13H2,1-2H3,(H,26,27)(H,29,30)/t15-,17+/m1/s1. The van der Waals surface area contributed by atoms with Gasteiger partial charge in [0.1, 0.15) is 22.8 Å². The monoisotopic (exact) mass is 453 g/mol. The van der Waals surface area contributed by atoms with Gasteiger partial charge in [-0.2, -0.15) is 4.98 Å². The van der Waals surface area contributed by atoms with Gasteiger partial charge in [0, 0.05) is 5.92 Å². The second-order valence-corrected chi connectivity index (χ2v) is 7.95. The van der Waals surface area contributed by atoms with Crippen LogP contribution in [0.2, 0.25) is 0 Å².